The van der Waals surface area contributed by atoms with Gasteiger partial charge in [0.05, 0.1) is 23.6 Å². The largest absolute Gasteiger partial charge is 0.339 e. The highest BCUT2D eigenvalue weighted by molar-refractivity contribution is 6.07. The number of rotatable bonds is 4. The number of aromatic nitrogens is 3. The zero-order valence-electron chi connectivity index (χ0n) is 17.2. The van der Waals surface area contributed by atoms with E-state index < -0.39 is 0 Å². The number of nitrogens with one attached hydrogen (secondary N) is 2. The van der Waals surface area contributed by atoms with Crippen LogP contribution in [0.2, 0.25) is 0 Å². The lowest BCUT2D eigenvalue weighted by Crippen LogP contribution is -2.14. The zero-order chi connectivity index (χ0) is 21.1. The molecular weight excluding hydrogens is 374 g/mol. The number of carbonyl (C=O) groups excluding carboxylic acids is 1. The van der Waals surface area contributed by atoms with Crippen molar-refractivity contribution in [3.8, 4) is 0 Å². The molecule has 30 heavy (non-hydrogen) atoms. The summed E-state index contributed by atoms with van der Waals surface area (Å²) in [6, 6.07) is 17.7. The second-order valence-electron chi connectivity index (χ2n) is 8.07. The molecule has 2 aromatic heterocycles. The summed E-state index contributed by atoms with van der Waals surface area (Å²) in [6.45, 7) is 6.54. The van der Waals surface area contributed by atoms with Crippen LogP contribution in [0.5, 0.6) is 0 Å². The highest BCUT2D eigenvalue weighted by Crippen LogP contribution is 2.24. The van der Waals surface area contributed by atoms with Crippen molar-refractivity contribution in [2.24, 2.45) is 0 Å². The van der Waals surface area contributed by atoms with Crippen molar-refractivity contribution < 1.29 is 4.79 Å². The first-order valence-electron chi connectivity index (χ1n) is 9.75. The molecule has 6 heteroatoms. The molecule has 0 aliphatic heterocycles. The van der Waals surface area contributed by atoms with Crippen LogP contribution in [-0.4, -0.2) is 20.9 Å². The van der Waals surface area contributed by atoms with Crippen LogP contribution in [0.15, 0.2) is 73.2 Å². The van der Waals surface area contributed by atoms with Gasteiger partial charge in [0.25, 0.3) is 5.91 Å². The lowest BCUT2D eigenvalue weighted by Gasteiger charge is -2.19. The molecule has 0 bridgehead atoms. The van der Waals surface area contributed by atoms with Gasteiger partial charge in [-0.3, -0.25) is 9.78 Å². The first-order chi connectivity index (χ1) is 14.4. The van der Waals surface area contributed by atoms with Crippen molar-refractivity contribution in [3.63, 3.8) is 0 Å². The second kappa shape index (κ2) is 7.91. The topological polar surface area (TPSA) is 79.8 Å². The Bertz CT molecular complexity index is 1170. The summed E-state index contributed by atoms with van der Waals surface area (Å²) in [5.41, 5.74) is 3.88. The van der Waals surface area contributed by atoms with Gasteiger partial charge in [0.15, 0.2) is 0 Å². The second-order valence-corrected chi connectivity index (χ2v) is 8.07. The van der Waals surface area contributed by atoms with Crippen LogP contribution in [0.3, 0.4) is 0 Å². The Labute approximate surface area is 175 Å². The number of hydrogen-bond acceptors (Lipinski definition) is 5. The number of carbonyl (C=O) groups is 1. The van der Waals surface area contributed by atoms with Crippen molar-refractivity contribution in [1.82, 2.24) is 15.0 Å². The monoisotopic (exact) mass is 397 g/mol. The number of amides is 1. The van der Waals surface area contributed by atoms with Gasteiger partial charge in [-0.2, -0.15) is 0 Å². The Kier molecular flexibility index (Phi) is 5.14. The summed E-state index contributed by atoms with van der Waals surface area (Å²) in [4.78, 5) is 25.5. The van der Waals surface area contributed by atoms with E-state index in [1.54, 1.807) is 12.4 Å². The molecule has 0 atom stereocenters. The van der Waals surface area contributed by atoms with Crippen molar-refractivity contribution >= 4 is 34.0 Å². The van der Waals surface area contributed by atoms with E-state index in [1.165, 1.54) is 11.8 Å². The van der Waals surface area contributed by atoms with Gasteiger partial charge >= 0.3 is 0 Å². The van der Waals surface area contributed by atoms with E-state index >= 15 is 0 Å². The fourth-order valence-electron chi connectivity index (χ4n) is 3.10. The number of pyridine rings is 1. The van der Waals surface area contributed by atoms with Gasteiger partial charge in [-0.15, -0.1) is 0 Å². The van der Waals surface area contributed by atoms with E-state index in [2.05, 4.69) is 58.5 Å². The van der Waals surface area contributed by atoms with Crippen molar-refractivity contribution in [3.05, 3.63) is 84.4 Å². The third-order valence-electron chi connectivity index (χ3n) is 4.79. The van der Waals surface area contributed by atoms with Gasteiger partial charge in [-0.05, 0) is 35.2 Å². The van der Waals surface area contributed by atoms with Crippen LogP contribution in [0, 0.1) is 0 Å². The Morgan fingerprint density at radius 3 is 2.33 bits per heavy atom. The average Bonchev–Trinajstić information content (AvgIpc) is 2.74. The third kappa shape index (κ3) is 4.27. The SMILES string of the molecule is CC(C)(C)c1ccc(Nc2cnc(C(=O)Nc3cccc4cccnc34)cn2)cc1. The van der Waals surface area contributed by atoms with Gasteiger partial charge in [0, 0.05) is 17.3 Å². The third-order valence-corrected chi connectivity index (χ3v) is 4.79. The molecule has 1 amide bonds. The molecule has 0 fully saturated rings. The number of nitrogens with zero attached hydrogens (tertiary/aromatic N) is 3. The number of benzene rings is 2. The Morgan fingerprint density at radius 1 is 0.867 bits per heavy atom. The molecule has 0 radical (unpaired) electrons. The summed E-state index contributed by atoms with van der Waals surface area (Å²) in [6.07, 6.45) is 4.71. The quantitative estimate of drug-likeness (QED) is 0.487. The van der Waals surface area contributed by atoms with Gasteiger partial charge < -0.3 is 10.6 Å². The smallest absolute Gasteiger partial charge is 0.275 e. The van der Waals surface area contributed by atoms with Gasteiger partial charge in [0.2, 0.25) is 0 Å². The molecule has 4 aromatic rings. The number of para-hydroxylation sites is 1. The lowest BCUT2D eigenvalue weighted by molar-refractivity contribution is 0.102. The minimum atomic E-state index is -0.332. The molecule has 0 aliphatic carbocycles. The summed E-state index contributed by atoms with van der Waals surface area (Å²) in [5.74, 6) is 0.239. The lowest BCUT2D eigenvalue weighted by atomic mass is 9.87. The van der Waals surface area contributed by atoms with Gasteiger partial charge in [-0.25, -0.2) is 9.97 Å². The predicted octanol–water partition coefficient (Wildman–Crippen LogP) is 5.32. The van der Waals surface area contributed by atoms with E-state index in [-0.39, 0.29) is 17.0 Å². The molecule has 0 saturated heterocycles. The molecule has 0 spiro atoms. The maximum Gasteiger partial charge on any atom is 0.275 e. The molecular formula is C24H23N5O. The fourth-order valence-corrected chi connectivity index (χ4v) is 3.10. The highest BCUT2D eigenvalue weighted by Gasteiger charge is 2.13. The fraction of sp³-hybridized carbons (Fsp3) is 0.167. The maximum absolute atomic E-state index is 12.6. The standard InChI is InChI=1S/C24H23N5O/c1-24(2,3)17-9-11-18(12-10-17)28-21-15-26-20(14-27-21)23(30)29-19-8-4-6-16-7-5-13-25-22(16)19/h4-15H,1-3H3,(H,27,28)(H,29,30). The van der Waals surface area contributed by atoms with Gasteiger partial charge in [0.1, 0.15) is 11.5 Å². The Balaban J connectivity index is 1.46. The van der Waals surface area contributed by atoms with Crippen LogP contribution in [0.1, 0.15) is 36.8 Å². The van der Waals surface area contributed by atoms with Crippen molar-refractivity contribution in [1.29, 1.82) is 0 Å². The molecule has 4 rings (SSSR count). The molecule has 2 heterocycles. The van der Waals surface area contributed by atoms with E-state index in [0.717, 1.165) is 16.6 Å². The Hall–Kier alpha value is -3.80. The van der Waals surface area contributed by atoms with Crippen LogP contribution in [0.4, 0.5) is 17.2 Å². The molecule has 6 nitrogen and oxygen atoms in total. The van der Waals surface area contributed by atoms with Crippen LogP contribution < -0.4 is 10.6 Å². The number of hydrogen-bond donors (Lipinski definition) is 2. The summed E-state index contributed by atoms with van der Waals surface area (Å²) in [5, 5.41) is 7.03. The van der Waals surface area contributed by atoms with Crippen LogP contribution in [0.25, 0.3) is 10.9 Å². The highest BCUT2D eigenvalue weighted by atomic mass is 16.1. The van der Waals surface area contributed by atoms with Crippen LogP contribution in [-0.2, 0) is 5.41 Å². The predicted molar refractivity (Wildman–Crippen MR) is 120 cm³/mol. The zero-order valence-corrected chi connectivity index (χ0v) is 17.2. The van der Waals surface area contributed by atoms with E-state index in [4.69, 9.17) is 0 Å². The van der Waals surface area contributed by atoms with Gasteiger partial charge in [-0.1, -0.05) is 51.1 Å². The van der Waals surface area contributed by atoms with Crippen molar-refractivity contribution in [2.75, 3.05) is 10.6 Å². The first-order valence-corrected chi connectivity index (χ1v) is 9.75. The minimum absolute atomic E-state index is 0.104. The molecule has 2 N–H and O–H groups in total. The number of anilines is 3. The first kappa shape index (κ1) is 19.5. The molecule has 0 aliphatic rings. The summed E-state index contributed by atoms with van der Waals surface area (Å²) >= 11 is 0. The molecule has 150 valence electrons. The Morgan fingerprint density at radius 2 is 1.63 bits per heavy atom. The van der Waals surface area contributed by atoms with Crippen LogP contribution >= 0.6 is 0 Å². The normalized spacial score (nSPS) is 11.3. The summed E-state index contributed by atoms with van der Waals surface area (Å²) < 4.78 is 0. The molecule has 2 aromatic carbocycles. The van der Waals surface area contributed by atoms with E-state index in [9.17, 15) is 4.79 Å². The molecule has 0 saturated carbocycles. The van der Waals surface area contributed by atoms with E-state index in [1.807, 2.05) is 42.5 Å². The maximum atomic E-state index is 12.6. The van der Waals surface area contributed by atoms with E-state index in [0.29, 0.717) is 11.5 Å². The van der Waals surface area contributed by atoms with Crippen molar-refractivity contribution in [2.45, 2.75) is 26.2 Å². The number of fused-ring (bicyclic) bond motifs is 1. The minimum Gasteiger partial charge on any atom is -0.339 e. The summed E-state index contributed by atoms with van der Waals surface area (Å²) in [7, 11) is 0. The average molecular weight is 397 g/mol. The molecule has 0 unspecified atom stereocenters.